The molecule has 0 atom stereocenters. The number of rotatable bonds is 2. The van der Waals surface area contributed by atoms with Crippen molar-refractivity contribution in [3.05, 3.63) is 140 Å². The maximum absolute atomic E-state index is 6.53. The highest BCUT2D eigenvalue weighted by atomic mass is 16.3. The molecule has 0 aliphatic heterocycles. The van der Waals surface area contributed by atoms with Crippen LogP contribution >= 0.6 is 0 Å². The fourth-order valence-corrected chi connectivity index (χ4v) is 7.55. The van der Waals surface area contributed by atoms with Gasteiger partial charge in [-0.05, 0) is 60.0 Å². The van der Waals surface area contributed by atoms with Crippen LogP contribution in [0.5, 0.6) is 0 Å². The summed E-state index contributed by atoms with van der Waals surface area (Å²) in [6.45, 7) is 0. The number of furan rings is 2. The van der Waals surface area contributed by atoms with Gasteiger partial charge < -0.3 is 8.83 Å². The number of nitrogens with zero attached hydrogens (tertiary/aromatic N) is 3. The summed E-state index contributed by atoms with van der Waals surface area (Å²) in [5, 5.41) is 8.92. The van der Waals surface area contributed by atoms with Crippen molar-refractivity contribution in [1.29, 1.82) is 0 Å². The van der Waals surface area contributed by atoms with E-state index in [-0.39, 0.29) is 0 Å². The van der Waals surface area contributed by atoms with Gasteiger partial charge in [0, 0.05) is 43.3 Å². The lowest BCUT2D eigenvalue weighted by Gasteiger charge is -2.14. The minimum atomic E-state index is 0.757. The van der Waals surface area contributed by atoms with E-state index in [1.807, 2.05) is 54.6 Å². The minimum absolute atomic E-state index is 0.757. The molecule has 0 bridgehead atoms. The Morgan fingerprint density at radius 1 is 0.404 bits per heavy atom. The Morgan fingerprint density at radius 2 is 0.979 bits per heavy atom. The van der Waals surface area contributed by atoms with Gasteiger partial charge in [-0.3, -0.25) is 4.57 Å². The molecule has 47 heavy (non-hydrogen) atoms. The lowest BCUT2D eigenvalue weighted by molar-refractivity contribution is 0.669. The molecule has 0 aliphatic carbocycles. The van der Waals surface area contributed by atoms with Gasteiger partial charge in [0.05, 0.1) is 22.1 Å². The van der Waals surface area contributed by atoms with Crippen LogP contribution in [0.15, 0.2) is 148 Å². The summed E-state index contributed by atoms with van der Waals surface area (Å²) in [5.41, 5.74) is 8.91. The van der Waals surface area contributed by atoms with Crippen molar-refractivity contribution in [3.8, 4) is 17.1 Å². The molecule has 0 unspecified atom stereocenters. The molecule has 11 rings (SSSR count). The first kappa shape index (κ1) is 24.8. The average molecular weight is 602 g/mol. The molecule has 5 heteroatoms. The van der Waals surface area contributed by atoms with E-state index >= 15 is 0 Å². The molecule has 4 aromatic heterocycles. The number of fused-ring (bicyclic) bond motifs is 13. The predicted molar refractivity (Wildman–Crippen MR) is 191 cm³/mol. The first-order chi connectivity index (χ1) is 23.3. The molecule has 0 radical (unpaired) electrons. The number of benzene rings is 7. The van der Waals surface area contributed by atoms with Crippen molar-refractivity contribution in [2.24, 2.45) is 0 Å². The number of hydrogen-bond donors (Lipinski definition) is 0. The zero-order valence-electron chi connectivity index (χ0n) is 24.9. The molecule has 0 spiro atoms. The highest BCUT2D eigenvalue weighted by Gasteiger charge is 2.23. The first-order valence-corrected chi connectivity index (χ1v) is 15.8. The van der Waals surface area contributed by atoms with Crippen molar-refractivity contribution in [1.82, 2.24) is 14.5 Å². The van der Waals surface area contributed by atoms with E-state index in [9.17, 15) is 0 Å². The molecule has 0 N–H and O–H groups in total. The number of hydrogen-bond acceptors (Lipinski definition) is 4. The molecule has 11 aromatic rings. The Hall–Kier alpha value is -6.46. The van der Waals surface area contributed by atoms with Gasteiger partial charge in [-0.2, -0.15) is 0 Å². The third kappa shape index (κ3) is 3.32. The topological polar surface area (TPSA) is 57.0 Å². The van der Waals surface area contributed by atoms with Crippen molar-refractivity contribution in [3.63, 3.8) is 0 Å². The van der Waals surface area contributed by atoms with Gasteiger partial charge in [0.15, 0.2) is 5.82 Å². The van der Waals surface area contributed by atoms with Crippen molar-refractivity contribution in [2.75, 3.05) is 0 Å². The molecular weight excluding hydrogens is 578 g/mol. The summed E-state index contributed by atoms with van der Waals surface area (Å²) in [6, 6.07) is 48.2. The van der Waals surface area contributed by atoms with Gasteiger partial charge in [0.1, 0.15) is 28.0 Å². The Balaban J connectivity index is 1.29. The molecule has 7 aromatic carbocycles. The molecule has 5 nitrogen and oxygen atoms in total. The Morgan fingerprint density at radius 3 is 1.79 bits per heavy atom. The normalized spacial score (nSPS) is 12.3. The van der Waals surface area contributed by atoms with E-state index in [0.717, 1.165) is 105 Å². The van der Waals surface area contributed by atoms with Crippen LogP contribution < -0.4 is 0 Å². The highest BCUT2D eigenvalue weighted by molar-refractivity contribution is 6.26. The second-order valence-corrected chi connectivity index (χ2v) is 12.1. The minimum Gasteiger partial charge on any atom is -0.455 e. The van der Waals surface area contributed by atoms with Crippen LogP contribution in [0, 0.1) is 0 Å². The van der Waals surface area contributed by atoms with Crippen molar-refractivity contribution >= 4 is 87.5 Å². The maximum Gasteiger partial charge on any atom is 0.165 e. The smallest absolute Gasteiger partial charge is 0.165 e. The summed E-state index contributed by atoms with van der Waals surface area (Å²) < 4.78 is 15.3. The van der Waals surface area contributed by atoms with E-state index in [1.165, 1.54) is 0 Å². The van der Waals surface area contributed by atoms with Gasteiger partial charge in [-0.1, -0.05) is 84.9 Å². The summed E-state index contributed by atoms with van der Waals surface area (Å²) in [4.78, 5) is 10.7. The predicted octanol–water partition coefficient (Wildman–Crippen LogP) is 11.3. The SMILES string of the molecule is c1ccc2nc(-n3c4ccccc4c4c5ccc6c7ccccc7oc6c5ccc43)c(-c3cccc4c3oc3ccccc34)nc2c1. The third-order valence-corrected chi connectivity index (χ3v) is 9.60. The summed E-state index contributed by atoms with van der Waals surface area (Å²) >= 11 is 0. The van der Waals surface area contributed by atoms with Gasteiger partial charge in [0.25, 0.3) is 0 Å². The van der Waals surface area contributed by atoms with Crippen LogP contribution in [0.2, 0.25) is 0 Å². The van der Waals surface area contributed by atoms with Crippen molar-refractivity contribution < 1.29 is 8.83 Å². The first-order valence-electron chi connectivity index (χ1n) is 15.8. The summed E-state index contributed by atoms with van der Waals surface area (Å²) in [6.07, 6.45) is 0. The Kier molecular flexibility index (Phi) is 4.78. The third-order valence-electron chi connectivity index (χ3n) is 9.60. The second-order valence-electron chi connectivity index (χ2n) is 12.1. The lowest BCUT2D eigenvalue weighted by atomic mass is 10.0. The molecule has 218 valence electrons. The monoisotopic (exact) mass is 601 g/mol. The lowest BCUT2D eigenvalue weighted by Crippen LogP contribution is -2.03. The summed E-state index contributed by atoms with van der Waals surface area (Å²) in [5.74, 6) is 0.757. The van der Waals surface area contributed by atoms with Crippen molar-refractivity contribution in [2.45, 2.75) is 0 Å². The summed E-state index contributed by atoms with van der Waals surface area (Å²) in [7, 11) is 0. The van der Waals surface area contributed by atoms with E-state index in [0.29, 0.717) is 0 Å². The maximum atomic E-state index is 6.53. The molecule has 0 saturated heterocycles. The quantitative estimate of drug-likeness (QED) is 0.198. The van der Waals surface area contributed by atoms with Gasteiger partial charge in [0.2, 0.25) is 0 Å². The highest BCUT2D eigenvalue weighted by Crippen LogP contribution is 2.43. The Bertz CT molecular complexity index is 3090. The number of para-hydroxylation sites is 6. The molecule has 0 aliphatic rings. The largest absolute Gasteiger partial charge is 0.455 e. The second kappa shape index (κ2) is 9.05. The zero-order chi connectivity index (χ0) is 30.6. The van der Waals surface area contributed by atoms with Crippen LogP contribution in [0.4, 0.5) is 0 Å². The van der Waals surface area contributed by atoms with E-state index < -0.39 is 0 Å². The molecule has 4 heterocycles. The molecule has 0 amide bonds. The van der Waals surface area contributed by atoms with Gasteiger partial charge >= 0.3 is 0 Å². The zero-order valence-corrected chi connectivity index (χ0v) is 24.9. The van der Waals surface area contributed by atoms with Crippen LogP contribution in [-0.2, 0) is 0 Å². The molecule has 0 saturated carbocycles. The van der Waals surface area contributed by atoms with E-state index in [1.54, 1.807) is 0 Å². The Labute approximate surface area is 266 Å². The van der Waals surface area contributed by atoms with Crippen LogP contribution in [-0.4, -0.2) is 14.5 Å². The van der Waals surface area contributed by atoms with Crippen LogP contribution in [0.25, 0.3) is 105 Å². The standard InChI is InChI=1S/C42H23N3O2/c1-6-17-34-30(12-1)38-26-20-21-28-25-11-3-8-19-37(25)46-40(28)29(26)22-23-35(38)45(34)42-39(43-32-15-4-5-16-33(32)44-42)31-14-9-13-27-24-10-2-7-18-36(24)47-41(27)31/h1-23H. The van der Waals surface area contributed by atoms with Gasteiger partial charge in [-0.15, -0.1) is 0 Å². The van der Waals surface area contributed by atoms with Crippen LogP contribution in [0.3, 0.4) is 0 Å². The van der Waals surface area contributed by atoms with Crippen LogP contribution in [0.1, 0.15) is 0 Å². The fraction of sp³-hybridized carbons (Fsp3) is 0. The molecular formula is C42H23N3O2. The average Bonchev–Trinajstić information content (AvgIpc) is 3.81. The van der Waals surface area contributed by atoms with E-state index in [2.05, 4.69) is 89.5 Å². The van der Waals surface area contributed by atoms with E-state index in [4.69, 9.17) is 18.8 Å². The number of aromatic nitrogens is 3. The molecule has 0 fully saturated rings. The van der Waals surface area contributed by atoms with Gasteiger partial charge in [-0.25, -0.2) is 9.97 Å². The fourth-order valence-electron chi connectivity index (χ4n) is 7.55.